The van der Waals surface area contributed by atoms with Crippen molar-refractivity contribution in [3.63, 3.8) is 0 Å². The van der Waals surface area contributed by atoms with Crippen LogP contribution in [0, 0.1) is 5.92 Å². The lowest BCUT2D eigenvalue weighted by Crippen LogP contribution is -2.23. The Morgan fingerprint density at radius 3 is 2.30 bits per heavy atom. The summed E-state index contributed by atoms with van der Waals surface area (Å²) in [6.45, 7) is 4.14. The number of ether oxygens (including phenoxy) is 2. The Hall–Kier alpha value is -3.80. The Labute approximate surface area is 193 Å². The highest BCUT2D eigenvalue weighted by Gasteiger charge is 2.21. The van der Waals surface area contributed by atoms with Crippen LogP contribution in [0.2, 0.25) is 0 Å². The van der Waals surface area contributed by atoms with Gasteiger partial charge in [-0.15, -0.1) is 0 Å². The second-order valence-electron chi connectivity index (χ2n) is 8.35. The molecular weight excluding hydrogens is 416 g/mol. The summed E-state index contributed by atoms with van der Waals surface area (Å²) in [4.78, 5) is 23.8. The second-order valence-corrected chi connectivity index (χ2v) is 8.35. The number of hydrogen-bond donors (Lipinski definition) is 2. The van der Waals surface area contributed by atoms with Crippen LogP contribution in [-0.4, -0.2) is 18.4 Å². The highest BCUT2D eigenvalue weighted by Crippen LogP contribution is 2.31. The van der Waals surface area contributed by atoms with E-state index in [2.05, 4.69) is 10.6 Å². The molecule has 0 bridgehead atoms. The van der Waals surface area contributed by atoms with E-state index in [1.807, 2.05) is 55.5 Å². The van der Waals surface area contributed by atoms with Crippen molar-refractivity contribution in [3.05, 3.63) is 83.9 Å². The molecule has 170 valence electrons. The summed E-state index contributed by atoms with van der Waals surface area (Å²) in [5.41, 5.74) is 2.15. The minimum atomic E-state index is -0.206. The van der Waals surface area contributed by atoms with Gasteiger partial charge in [0, 0.05) is 24.2 Å². The van der Waals surface area contributed by atoms with Gasteiger partial charge in [0.1, 0.15) is 17.2 Å². The normalized spacial score (nSPS) is 13.6. The van der Waals surface area contributed by atoms with Crippen molar-refractivity contribution in [3.8, 4) is 17.2 Å². The molecule has 2 amide bonds. The third-order valence-electron chi connectivity index (χ3n) is 5.43. The van der Waals surface area contributed by atoms with Gasteiger partial charge in [0.15, 0.2) is 0 Å². The molecule has 6 heteroatoms. The zero-order chi connectivity index (χ0) is 23.2. The van der Waals surface area contributed by atoms with Crippen LogP contribution in [0.3, 0.4) is 0 Å². The molecule has 1 atom stereocenters. The summed E-state index contributed by atoms with van der Waals surface area (Å²) < 4.78 is 11.7. The molecule has 1 saturated carbocycles. The first-order valence-electron chi connectivity index (χ1n) is 11.2. The van der Waals surface area contributed by atoms with Gasteiger partial charge >= 0.3 is 0 Å². The van der Waals surface area contributed by atoms with E-state index in [4.69, 9.17) is 9.47 Å². The molecule has 4 rings (SSSR count). The number of carbonyl (C=O) groups is 2. The topological polar surface area (TPSA) is 76.7 Å². The molecule has 1 aliphatic rings. The summed E-state index contributed by atoms with van der Waals surface area (Å²) in [6.07, 6.45) is 2.50. The fraction of sp³-hybridized carbons (Fsp3) is 0.259. The Morgan fingerprint density at radius 1 is 0.939 bits per heavy atom. The van der Waals surface area contributed by atoms with Crippen LogP contribution >= 0.6 is 0 Å². The van der Waals surface area contributed by atoms with Crippen molar-refractivity contribution in [2.24, 2.45) is 5.92 Å². The van der Waals surface area contributed by atoms with Crippen LogP contribution < -0.4 is 20.1 Å². The van der Waals surface area contributed by atoms with Crippen molar-refractivity contribution < 1.29 is 19.1 Å². The molecule has 0 saturated heterocycles. The molecule has 6 nitrogen and oxygen atoms in total. The van der Waals surface area contributed by atoms with Crippen molar-refractivity contribution in [1.82, 2.24) is 5.32 Å². The fourth-order valence-corrected chi connectivity index (χ4v) is 3.38. The molecule has 1 unspecified atom stereocenters. The SMILES string of the molecule is CC(=O)NC(C)c1ccc(C(=O)Nc2ccc(Oc3cccc(OCC4CC4)c3)cc2)cc1. The van der Waals surface area contributed by atoms with Crippen LogP contribution in [-0.2, 0) is 4.79 Å². The molecule has 0 heterocycles. The zero-order valence-electron chi connectivity index (χ0n) is 18.8. The second kappa shape index (κ2) is 10.2. The van der Waals surface area contributed by atoms with Gasteiger partial charge < -0.3 is 20.1 Å². The van der Waals surface area contributed by atoms with Crippen LogP contribution in [0.4, 0.5) is 5.69 Å². The molecule has 1 aliphatic carbocycles. The van der Waals surface area contributed by atoms with Gasteiger partial charge in [-0.05, 0) is 79.8 Å². The van der Waals surface area contributed by atoms with Gasteiger partial charge in [0.2, 0.25) is 5.91 Å². The van der Waals surface area contributed by atoms with Gasteiger partial charge in [-0.25, -0.2) is 0 Å². The van der Waals surface area contributed by atoms with E-state index in [-0.39, 0.29) is 17.9 Å². The predicted molar refractivity (Wildman–Crippen MR) is 128 cm³/mol. The van der Waals surface area contributed by atoms with E-state index in [1.54, 1.807) is 24.3 Å². The molecule has 0 aromatic heterocycles. The molecule has 0 aliphatic heterocycles. The van der Waals surface area contributed by atoms with Crippen molar-refractivity contribution in [2.45, 2.75) is 32.7 Å². The maximum Gasteiger partial charge on any atom is 0.255 e. The molecule has 2 N–H and O–H groups in total. The smallest absolute Gasteiger partial charge is 0.255 e. The molecule has 3 aromatic carbocycles. The summed E-state index contributed by atoms with van der Waals surface area (Å²) in [6, 6.07) is 21.9. The van der Waals surface area contributed by atoms with E-state index in [1.165, 1.54) is 19.8 Å². The van der Waals surface area contributed by atoms with Gasteiger partial charge in [-0.1, -0.05) is 18.2 Å². The highest BCUT2D eigenvalue weighted by atomic mass is 16.5. The first-order chi connectivity index (χ1) is 16.0. The summed E-state index contributed by atoms with van der Waals surface area (Å²) in [7, 11) is 0. The van der Waals surface area contributed by atoms with E-state index in [0.717, 1.165) is 17.9 Å². The third kappa shape index (κ3) is 6.59. The minimum absolute atomic E-state index is 0.0913. The Bertz CT molecular complexity index is 1110. The predicted octanol–water partition coefficient (Wildman–Crippen LogP) is 5.72. The quantitative estimate of drug-likeness (QED) is 0.443. The number of amides is 2. The van der Waals surface area contributed by atoms with Crippen molar-refractivity contribution >= 4 is 17.5 Å². The number of nitrogens with one attached hydrogen (secondary N) is 2. The maximum atomic E-state index is 12.6. The zero-order valence-corrected chi connectivity index (χ0v) is 18.8. The van der Waals surface area contributed by atoms with E-state index in [9.17, 15) is 9.59 Å². The molecule has 33 heavy (non-hydrogen) atoms. The molecular formula is C27H28N2O4. The van der Waals surface area contributed by atoms with Gasteiger partial charge in [0.25, 0.3) is 5.91 Å². The largest absolute Gasteiger partial charge is 0.493 e. The third-order valence-corrected chi connectivity index (χ3v) is 5.43. The number of anilines is 1. The summed E-state index contributed by atoms with van der Waals surface area (Å²) in [5, 5.41) is 5.72. The number of benzene rings is 3. The standard InChI is InChI=1S/C27H28N2O4/c1-18(28-19(2)30)21-8-10-22(11-9-21)27(31)29-23-12-14-24(15-13-23)33-26-5-3-4-25(16-26)32-17-20-6-7-20/h3-5,8-16,18,20H,6-7,17H2,1-2H3,(H,28,30)(H,29,31). The van der Waals surface area contributed by atoms with Crippen LogP contribution in [0.1, 0.15) is 48.7 Å². The number of hydrogen-bond acceptors (Lipinski definition) is 4. The van der Waals surface area contributed by atoms with E-state index in [0.29, 0.717) is 28.7 Å². The highest BCUT2D eigenvalue weighted by molar-refractivity contribution is 6.04. The maximum absolute atomic E-state index is 12.6. The molecule has 0 spiro atoms. The van der Waals surface area contributed by atoms with Gasteiger partial charge in [-0.3, -0.25) is 9.59 Å². The average molecular weight is 445 g/mol. The summed E-state index contributed by atoms with van der Waals surface area (Å²) in [5.74, 6) is 2.58. The molecule has 0 radical (unpaired) electrons. The average Bonchev–Trinajstić information content (AvgIpc) is 3.64. The molecule has 3 aromatic rings. The Balaban J connectivity index is 1.32. The van der Waals surface area contributed by atoms with Crippen molar-refractivity contribution in [2.75, 3.05) is 11.9 Å². The van der Waals surface area contributed by atoms with E-state index >= 15 is 0 Å². The Kier molecular flexibility index (Phi) is 6.93. The first-order valence-corrected chi connectivity index (χ1v) is 11.2. The minimum Gasteiger partial charge on any atom is -0.493 e. The lowest BCUT2D eigenvalue weighted by atomic mass is 10.1. The van der Waals surface area contributed by atoms with Crippen molar-refractivity contribution in [1.29, 1.82) is 0 Å². The van der Waals surface area contributed by atoms with Gasteiger partial charge in [-0.2, -0.15) is 0 Å². The fourth-order valence-electron chi connectivity index (χ4n) is 3.38. The van der Waals surface area contributed by atoms with Gasteiger partial charge in [0.05, 0.1) is 12.6 Å². The number of carbonyl (C=O) groups excluding carboxylic acids is 2. The lowest BCUT2D eigenvalue weighted by Gasteiger charge is -2.13. The van der Waals surface area contributed by atoms with E-state index < -0.39 is 0 Å². The molecule has 1 fully saturated rings. The first kappa shape index (κ1) is 22.4. The summed E-state index contributed by atoms with van der Waals surface area (Å²) >= 11 is 0. The monoisotopic (exact) mass is 444 g/mol. The Morgan fingerprint density at radius 2 is 1.64 bits per heavy atom. The number of rotatable bonds is 9. The van der Waals surface area contributed by atoms with Crippen LogP contribution in [0.15, 0.2) is 72.8 Å². The van der Waals surface area contributed by atoms with Crippen LogP contribution in [0.25, 0.3) is 0 Å². The lowest BCUT2D eigenvalue weighted by molar-refractivity contribution is -0.119. The van der Waals surface area contributed by atoms with Crippen LogP contribution in [0.5, 0.6) is 17.2 Å².